The maximum Gasteiger partial charge on any atom is 0.345 e. The quantitative estimate of drug-likeness (QED) is 0.757. The number of hydrogen-bond donors (Lipinski definition) is 2. The van der Waals surface area contributed by atoms with Crippen LogP contribution in [0.25, 0.3) is 0 Å². The maximum absolute atomic E-state index is 12.9. The molecule has 0 aliphatic heterocycles. The van der Waals surface area contributed by atoms with E-state index in [4.69, 9.17) is 5.21 Å². The summed E-state index contributed by atoms with van der Waals surface area (Å²) in [6.07, 6.45) is 2.68. The first-order chi connectivity index (χ1) is 8.63. The van der Waals surface area contributed by atoms with Crippen LogP contribution in [0.5, 0.6) is 0 Å². The minimum Gasteiger partial charge on any atom is -0.429 e. The van der Waals surface area contributed by atoms with Crippen molar-refractivity contribution in [1.29, 1.82) is 0 Å². The third-order valence-corrected chi connectivity index (χ3v) is 2.10. The highest BCUT2D eigenvalue weighted by Gasteiger charge is 2.00. The molecule has 92 valence electrons. The predicted molar refractivity (Wildman–Crippen MR) is 62.6 cm³/mol. The second-order valence-corrected chi connectivity index (χ2v) is 3.49. The highest BCUT2D eigenvalue weighted by molar-refractivity contribution is 5.89. The summed E-state index contributed by atoms with van der Waals surface area (Å²) in [5.41, 5.74) is 0.330. The molecule has 5 nitrogen and oxygen atoms in total. The Kier molecular flexibility index (Phi) is 3.38. The van der Waals surface area contributed by atoms with E-state index in [0.717, 1.165) is 4.73 Å². The lowest BCUT2D eigenvalue weighted by Crippen LogP contribution is -2.13. The first-order valence-corrected chi connectivity index (χ1v) is 5.12. The topological polar surface area (TPSA) is 66.6 Å². The van der Waals surface area contributed by atoms with E-state index in [1.807, 2.05) is 0 Å². The molecular weight excluding hydrogens is 237 g/mol. The molecule has 2 amide bonds. The number of anilines is 1. The van der Waals surface area contributed by atoms with E-state index in [1.54, 1.807) is 6.07 Å². The Hall–Kier alpha value is -2.63. The fourth-order valence-electron chi connectivity index (χ4n) is 1.32. The summed E-state index contributed by atoms with van der Waals surface area (Å²) in [6.45, 7) is 0. The maximum atomic E-state index is 12.9. The van der Waals surface area contributed by atoms with Gasteiger partial charge in [0.05, 0.1) is 5.36 Å². The molecule has 0 spiro atoms. The second-order valence-electron chi connectivity index (χ2n) is 3.49. The first kappa shape index (κ1) is 11.8. The number of carbonyl (C=O) groups is 1. The van der Waals surface area contributed by atoms with E-state index in [2.05, 4.69) is 10.3 Å². The Balaban J connectivity index is 2.14. The average Bonchev–Trinajstić information content (AvgIpc) is 2.32. The van der Waals surface area contributed by atoms with Gasteiger partial charge in [-0.05, 0) is 30.3 Å². The van der Waals surface area contributed by atoms with Crippen molar-refractivity contribution in [2.24, 2.45) is 4.99 Å². The lowest BCUT2D eigenvalue weighted by Gasteiger charge is -2.00. The Bertz CT molecular complexity index is 617. The number of nitrogens with zero attached hydrogens (tertiary/aromatic N) is 2. The van der Waals surface area contributed by atoms with Crippen molar-refractivity contribution < 1.29 is 14.4 Å². The van der Waals surface area contributed by atoms with E-state index in [1.165, 1.54) is 42.7 Å². The molecule has 0 saturated heterocycles. The van der Waals surface area contributed by atoms with Crippen LogP contribution in [-0.2, 0) is 0 Å². The van der Waals surface area contributed by atoms with Crippen LogP contribution in [0, 0.1) is 5.82 Å². The van der Waals surface area contributed by atoms with Crippen molar-refractivity contribution in [2.45, 2.75) is 0 Å². The number of carbonyl (C=O) groups excluding carboxylic acids is 1. The summed E-state index contributed by atoms with van der Waals surface area (Å²) < 4.78 is 13.7. The van der Waals surface area contributed by atoms with Crippen LogP contribution < -0.4 is 10.7 Å². The number of nitrogens with one attached hydrogen (secondary N) is 1. The minimum absolute atomic E-state index is 0.330. The molecule has 0 aliphatic rings. The minimum atomic E-state index is -0.615. The van der Waals surface area contributed by atoms with Crippen molar-refractivity contribution >= 4 is 11.7 Å². The average molecular weight is 247 g/mol. The predicted octanol–water partition coefficient (Wildman–Crippen LogP) is 2.00. The number of benzene rings is 1. The van der Waals surface area contributed by atoms with Gasteiger partial charge in [0.1, 0.15) is 5.82 Å². The van der Waals surface area contributed by atoms with Crippen LogP contribution in [-0.4, -0.2) is 16.0 Å². The Morgan fingerprint density at radius 1 is 1.28 bits per heavy atom. The molecule has 0 radical (unpaired) electrons. The molecule has 1 heterocycles. The van der Waals surface area contributed by atoms with E-state index >= 15 is 0 Å². The van der Waals surface area contributed by atoms with E-state index in [0.29, 0.717) is 11.0 Å². The number of aromatic nitrogens is 1. The number of pyridine rings is 1. The number of rotatable bonds is 1. The summed E-state index contributed by atoms with van der Waals surface area (Å²) >= 11 is 0. The third-order valence-electron chi connectivity index (χ3n) is 2.10. The monoisotopic (exact) mass is 247 g/mol. The molecule has 2 N–H and O–H groups in total. The van der Waals surface area contributed by atoms with E-state index in [9.17, 15) is 9.18 Å². The zero-order valence-corrected chi connectivity index (χ0v) is 9.25. The molecule has 6 heteroatoms. The molecule has 2 rings (SSSR count). The normalized spacial score (nSPS) is 9.83. The molecule has 1 aromatic heterocycles. The van der Waals surface area contributed by atoms with Gasteiger partial charge >= 0.3 is 6.03 Å². The van der Waals surface area contributed by atoms with Gasteiger partial charge in [0, 0.05) is 18.1 Å². The van der Waals surface area contributed by atoms with Crippen molar-refractivity contribution in [3.63, 3.8) is 0 Å². The molecule has 0 atom stereocenters. The van der Waals surface area contributed by atoms with E-state index < -0.39 is 11.8 Å². The number of hydrogen-bond acceptors (Lipinski definition) is 2. The zero-order chi connectivity index (χ0) is 13.0. The molecule has 1 aromatic carbocycles. The van der Waals surface area contributed by atoms with Gasteiger partial charge in [-0.3, -0.25) is 0 Å². The highest BCUT2D eigenvalue weighted by atomic mass is 19.1. The summed E-state index contributed by atoms with van der Waals surface area (Å²) in [5.74, 6) is -0.436. The van der Waals surface area contributed by atoms with Crippen molar-refractivity contribution in [3.05, 3.63) is 60.0 Å². The number of urea groups is 1. The van der Waals surface area contributed by atoms with Gasteiger partial charge in [-0.2, -0.15) is 4.99 Å². The fourth-order valence-corrected chi connectivity index (χ4v) is 1.32. The Morgan fingerprint density at radius 2 is 2.00 bits per heavy atom. The summed E-state index contributed by atoms with van der Waals surface area (Å²) in [4.78, 5) is 15.2. The summed E-state index contributed by atoms with van der Waals surface area (Å²) in [5, 5.41) is 11.8. The van der Waals surface area contributed by atoms with Gasteiger partial charge in [-0.25, -0.2) is 13.9 Å². The van der Waals surface area contributed by atoms with Gasteiger partial charge in [0.2, 0.25) is 0 Å². The van der Waals surface area contributed by atoms with Crippen molar-refractivity contribution in [1.82, 2.24) is 4.73 Å². The lowest BCUT2D eigenvalue weighted by atomic mass is 10.3. The molecule has 2 aromatic rings. The van der Waals surface area contributed by atoms with Crippen LogP contribution in [0.2, 0.25) is 0 Å². The number of amides is 2. The first-order valence-electron chi connectivity index (χ1n) is 5.12. The number of halogens is 1. The van der Waals surface area contributed by atoms with Crippen LogP contribution in [0.3, 0.4) is 0 Å². The molecule has 0 unspecified atom stereocenters. The van der Waals surface area contributed by atoms with Crippen LogP contribution in [0.15, 0.2) is 53.8 Å². The second kappa shape index (κ2) is 5.13. The Morgan fingerprint density at radius 3 is 2.67 bits per heavy atom. The molecule has 0 saturated carbocycles. The fraction of sp³-hybridized carbons (Fsp3) is 0. The summed E-state index contributed by atoms with van der Waals surface area (Å²) in [7, 11) is 0. The largest absolute Gasteiger partial charge is 0.429 e. The molecule has 0 fully saturated rings. The zero-order valence-electron chi connectivity index (χ0n) is 9.25. The Labute approximate surface area is 102 Å². The molecular formula is C12H10FN3O2. The van der Waals surface area contributed by atoms with Gasteiger partial charge in [0.15, 0.2) is 0 Å². The standard InChI is InChI=1S/C12H10FN3O2/c13-9-2-1-3-11(8-9)15-12(17)14-10-4-6-16(18)7-5-10/h1-8,18H,(H,15,17). The van der Waals surface area contributed by atoms with Crippen LogP contribution in [0.4, 0.5) is 14.9 Å². The van der Waals surface area contributed by atoms with Crippen molar-refractivity contribution in [3.8, 4) is 0 Å². The molecule has 18 heavy (non-hydrogen) atoms. The summed E-state index contributed by atoms with van der Waals surface area (Å²) in [6, 6.07) is 7.84. The van der Waals surface area contributed by atoms with Gasteiger partial charge < -0.3 is 10.5 Å². The third kappa shape index (κ3) is 3.18. The van der Waals surface area contributed by atoms with Gasteiger partial charge in [-0.15, -0.1) is 0 Å². The molecule has 0 aliphatic carbocycles. The van der Waals surface area contributed by atoms with Crippen molar-refractivity contribution in [2.75, 3.05) is 5.32 Å². The SMILES string of the molecule is O=C(N=c1ccn(O)cc1)Nc1cccc(F)c1. The van der Waals surface area contributed by atoms with E-state index in [-0.39, 0.29) is 0 Å². The van der Waals surface area contributed by atoms with Crippen LogP contribution >= 0.6 is 0 Å². The van der Waals surface area contributed by atoms with Crippen LogP contribution in [0.1, 0.15) is 0 Å². The lowest BCUT2D eigenvalue weighted by molar-refractivity contribution is 0.184. The highest BCUT2D eigenvalue weighted by Crippen LogP contribution is 2.08. The molecule has 0 bridgehead atoms. The van der Waals surface area contributed by atoms with Gasteiger partial charge in [-0.1, -0.05) is 6.07 Å². The van der Waals surface area contributed by atoms with Gasteiger partial charge in [0.25, 0.3) is 0 Å². The smallest absolute Gasteiger partial charge is 0.345 e.